The number of benzene rings is 1. The maximum Gasteiger partial charge on any atom is 0.237 e. The van der Waals surface area contributed by atoms with E-state index in [1.165, 1.54) is 0 Å². The van der Waals surface area contributed by atoms with Crippen LogP contribution in [0.25, 0.3) is 0 Å². The lowest BCUT2D eigenvalue weighted by atomic mass is 10.2. The molecular weight excluding hydrogens is 221 g/mol. The fourth-order valence-electron chi connectivity index (χ4n) is 1.10. The predicted octanol–water partition coefficient (Wildman–Crippen LogP) is 2.54. The van der Waals surface area contributed by atoms with Gasteiger partial charge in [0, 0.05) is 18.6 Å². The molecule has 0 aromatic heterocycles. The van der Waals surface area contributed by atoms with Crippen molar-refractivity contribution in [1.29, 1.82) is 0 Å². The van der Waals surface area contributed by atoms with E-state index in [0.717, 1.165) is 5.56 Å². The highest BCUT2D eigenvalue weighted by Crippen LogP contribution is 2.12. The SMILES string of the molecule is CN(Cc1cccc(Cl)c1)C(=O)CCl. The van der Waals surface area contributed by atoms with Gasteiger partial charge in [-0.25, -0.2) is 0 Å². The number of alkyl halides is 1. The van der Waals surface area contributed by atoms with E-state index in [2.05, 4.69) is 0 Å². The van der Waals surface area contributed by atoms with Crippen molar-refractivity contribution in [3.05, 3.63) is 34.9 Å². The lowest BCUT2D eigenvalue weighted by molar-refractivity contribution is -0.127. The number of carbonyl (C=O) groups excluding carboxylic acids is 1. The molecule has 0 heterocycles. The van der Waals surface area contributed by atoms with Crippen LogP contribution in [0.5, 0.6) is 0 Å². The molecule has 0 radical (unpaired) electrons. The van der Waals surface area contributed by atoms with Crippen molar-refractivity contribution >= 4 is 29.1 Å². The summed E-state index contributed by atoms with van der Waals surface area (Å²) in [6, 6.07) is 7.41. The molecular formula is C10H11Cl2NO. The molecule has 0 fully saturated rings. The topological polar surface area (TPSA) is 20.3 Å². The summed E-state index contributed by atoms with van der Waals surface area (Å²) in [6.45, 7) is 0.534. The van der Waals surface area contributed by atoms with E-state index in [9.17, 15) is 4.79 Å². The second kappa shape index (κ2) is 5.23. The summed E-state index contributed by atoms with van der Waals surface area (Å²) in [5.74, 6) is -0.0801. The molecule has 0 aliphatic heterocycles. The molecule has 0 atom stereocenters. The summed E-state index contributed by atoms with van der Waals surface area (Å²) in [5, 5.41) is 0.675. The number of hydrogen-bond acceptors (Lipinski definition) is 1. The van der Waals surface area contributed by atoms with Crippen LogP contribution < -0.4 is 0 Å². The number of hydrogen-bond donors (Lipinski definition) is 0. The van der Waals surface area contributed by atoms with Crippen molar-refractivity contribution < 1.29 is 4.79 Å². The van der Waals surface area contributed by atoms with E-state index < -0.39 is 0 Å². The summed E-state index contributed by atoms with van der Waals surface area (Å²) < 4.78 is 0. The van der Waals surface area contributed by atoms with Gasteiger partial charge in [0.2, 0.25) is 5.91 Å². The largest absolute Gasteiger partial charge is 0.340 e. The third-order valence-corrected chi connectivity index (χ3v) is 2.31. The molecule has 0 bridgehead atoms. The first-order chi connectivity index (χ1) is 6.63. The first kappa shape index (κ1) is 11.3. The Kier molecular flexibility index (Phi) is 4.23. The predicted molar refractivity (Wildman–Crippen MR) is 58.6 cm³/mol. The van der Waals surface area contributed by atoms with E-state index in [1.807, 2.05) is 18.2 Å². The van der Waals surface area contributed by atoms with Gasteiger partial charge >= 0.3 is 0 Å². The van der Waals surface area contributed by atoms with E-state index >= 15 is 0 Å². The highest BCUT2D eigenvalue weighted by Gasteiger charge is 2.07. The standard InChI is InChI=1S/C10H11Cl2NO/c1-13(10(14)6-11)7-8-3-2-4-9(12)5-8/h2-5H,6-7H2,1H3. The Labute approximate surface area is 93.4 Å². The Morgan fingerprint density at radius 3 is 2.79 bits per heavy atom. The Morgan fingerprint density at radius 1 is 1.50 bits per heavy atom. The number of halogens is 2. The third-order valence-electron chi connectivity index (χ3n) is 1.85. The van der Waals surface area contributed by atoms with E-state index in [-0.39, 0.29) is 11.8 Å². The molecule has 0 aliphatic carbocycles. The molecule has 1 rings (SSSR count). The molecule has 0 aliphatic rings. The normalized spacial score (nSPS) is 9.93. The third kappa shape index (κ3) is 3.20. The second-order valence-electron chi connectivity index (χ2n) is 3.01. The minimum atomic E-state index is -0.0911. The second-order valence-corrected chi connectivity index (χ2v) is 3.72. The molecule has 1 amide bonds. The van der Waals surface area contributed by atoms with Gasteiger partial charge in [0.25, 0.3) is 0 Å². The van der Waals surface area contributed by atoms with Gasteiger partial charge in [-0.15, -0.1) is 11.6 Å². The number of carbonyl (C=O) groups is 1. The minimum absolute atomic E-state index is 0.0110. The molecule has 2 nitrogen and oxygen atoms in total. The van der Waals surface area contributed by atoms with Gasteiger partial charge in [0.1, 0.15) is 5.88 Å². The van der Waals surface area contributed by atoms with E-state index in [0.29, 0.717) is 11.6 Å². The zero-order valence-electron chi connectivity index (χ0n) is 7.84. The first-order valence-corrected chi connectivity index (χ1v) is 5.09. The first-order valence-electron chi connectivity index (χ1n) is 4.18. The van der Waals surface area contributed by atoms with Crippen molar-refractivity contribution in [3.8, 4) is 0 Å². The average Bonchev–Trinajstić information content (AvgIpc) is 2.16. The molecule has 76 valence electrons. The van der Waals surface area contributed by atoms with Gasteiger partial charge in [-0.1, -0.05) is 23.7 Å². The molecule has 0 N–H and O–H groups in total. The minimum Gasteiger partial charge on any atom is -0.340 e. The lowest BCUT2D eigenvalue weighted by Gasteiger charge is -2.15. The lowest BCUT2D eigenvalue weighted by Crippen LogP contribution is -2.26. The summed E-state index contributed by atoms with van der Waals surface area (Å²) in [5.41, 5.74) is 0.999. The van der Waals surface area contributed by atoms with Crippen LogP contribution in [0.1, 0.15) is 5.56 Å². The van der Waals surface area contributed by atoms with Crippen molar-refractivity contribution in [3.63, 3.8) is 0 Å². The van der Waals surface area contributed by atoms with Crippen molar-refractivity contribution in [1.82, 2.24) is 4.90 Å². The van der Waals surface area contributed by atoms with E-state index in [1.54, 1.807) is 18.0 Å². The Hall–Kier alpha value is -0.730. The van der Waals surface area contributed by atoms with Gasteiger partial charge < -0.3 is 4.90 Å². The molecule has 0 unspecified atom stereocenters. The van der Waals surface area contributed by atoms with Gasteiger partial charge in [-0.05, 0) is 17.7 Å². The average molecular weight is 232 g/mol. The molecule has 4 heteroatoms. The zero-order chi connectivity index (χ0) is 10.6. The fraction of sp³-hybridized carbons (Fsp3) is 0.300. The highest BCUT2D eigenvalue weighted by molar-refractivity contribution is 6.30. The number of amides is 1. The monoisotopic (exact) mass is 231 g/mol. The van der Waals surface area contributed by atoms with Crippen LogP contribution in [0.4, 0.5) is 0 Å². The van der Waals surface area contributed by atoms with Crippen LogP contribution in [0.2, 0.25) is 5.02 Å². The molecule has 0 saturated carbocycles. The van der Waals surface area contributed by atoms with Gasteiger partial charge in [-0.3, -0.25) is 4.79 Å². The van der Waals surface area contributed by atoms with Crippen molar-refractivity contribution in [2.45, 2.75) is 6.54 Å². The van der Waals surface area contributed by atoms with Crippen LogP contribution in [-0.2, 0) is 11.3 Å². The smallest absolute Gasteiger partial charge is 0.237 e. The van der Waals surface area contributed by atoms with Gasteiger partial charge in [0.05, 0.1) is 0 Å². The van der Waals surface area contributed by atoms with E-state index in [4.69, 9.17) is 23.2 Å². The summed E-state index contributed by atoms with van der Waals surface area (Å²) >= 11 is 11.2. The maximum atomic E-state index is 11.2. The molecule has 0 spiro atoms. The highest BCUT2D eigenvalue weighted by atomic mass is 35.5. The van der Waals surface area contributed by atoms with Crippen LogP contribution in [0.3, 0.4) is 0 Å². The Balaban J connectivity index is 2.64. The maximum absolute atomic E-state index is 11.2. The van der Waals surface area contributed by atoms with Crippen molar-refractivity contribution in [2.75, 3.05) is 12.9 Å². The van der Waals surface area contributed by atoms with Crippen LogP contribution in [-0.4, -0.2) is 23.7 Å². The molecule has 14 heavy (non-hydrogen) atoms. The Morgan fingerprint density at radius 2 is 2.21 bits per heavy atom. The van der Waals surface area contributed by atoms with Crippen molar-refractivity contribution in [2.24, 2.45) is 0 Å². The van der Waals surface area contributed by atoms with Crippen LogP contribution in [0, 0.1) is 0 Å². The molecule has 1 aromatic carbocycles. The van der Waals surface area contributed by atoms with Crippen LogP contribution >= 0.6 is 23.2 Å². The fourth-order valence-corrected chi connectivity index (χ4v) is 1.52. The number of nitrogens with zero attached hydrogens (tertiary/aromatic N) is 1. The van der Waals surface area contributed by atoms with Crippen LogP contribution in [0.15, 0.2) is 24.3 Å². The summed E-state index contributed by atoms with van der Waals surface area (Å²) in [6.07, 6.45) is 0. The van der Waals surface area contributed by atoms with Gasteiger partial charge in [0.15, 0.2) is 0 Å². The zero-order valence-corrected chi connectivity index (χ0v) is 9.35. The number of rotatable bonds is 3. The summed E-state index contributed by atoms with van der Waals surface area (Å²) in [7, 11) is 1.71. The molecule has 1 aromatic rings. The quantitative estimate of drug-likeness (QED) is 0.733. The summed E-state index contributed by atoms with van der Waals surface area (Å²) in [4.78, 5) is 12.7. The molecule has 0 saturated heterocycles. The van der Waals surface area contributed by atoms with Gasteiger partial charge in [-0.2, -0.15) is 0 Å². The Bertz CT molecular complexity index is 328.